The van der Waals surface area contributed by atoms with Gasteiger partial charge in [0, 0.05) is 18.7 Å². The zero-order valence-corrected chi connectivity index (χ0v) is 15.8. The molecule has 0 fully saturated rings. The summed E-state index contributed by atoms with van der Waals surface area (Å²) < 4.78 is 28.0. The highest BCUT2D eigenvalue weighted by atomic mass is 35.5. The summed E-state index contributed by atoms with van der Waals surface area (Å²) in [5, 5.41) is 7.89. The first kappa shape index (κ1) is 18.5. The summed E-state index contributed by atoms with van der Waals surface area (Å²) in [6.45, 7) is 4.10. The van der Waals surface area contributed by atoms with E-state index in [1.165, 1.54) is 22.5 Å². The van der Waals surface area contributed by atoms with Crippen molar-refractivity contribution in [2.24, 2.45) is 0 Å². The highest BCUT2D eigenvalue weighted by Gasteiger charge is 2.26. The second-order valence-electron chi connectivity index (χ2n) is 5.53. The van der Waals surface area contributed by atoms with Crippen molar-refractivity contribution in [3.63, 3.8) is 0 Å². The molecule has 0 N–H and O–H groups in total. The molecule has 0 unspecified atom stereocenters. The van der Waals surface area contributed by atoms with Gasteiger partial charge in [-0.25, -0.2) is 8.42 Å². The van der Waals surface area contributed by atoms with Crippen LogP contribution in [0.2, 0.25) is 5.02 Å². The summed E-state index contributed by atoms with van der Waals surface area (Å²) in [5.74, 6) is -0.480. The number of para-hydroxylation sites is 1. The maximum atomic E-state index is 12.8. The predicted molar refractivity (Wildman–Crippen MR) is 98.8 cm³/mol. The number of aromatic nitrogens is 3. The number of sulfonamides is 1. The molecule has 0 spiro atoms. The van der Waals surface area contributed by atoms with Crippen LogP contribution in [0.1, 0.15) is 24.2 Å². The van der Waals surface area contributed by atoms with Crippen LogP contribution in [0.5, 0.6) is 0 Å². The molecular formula is C17H17ClN4O3S. The van der Waals surface area contributed by atoms with E-state index >= 15 is 0 Å². The SMILES string of the molecule is CCN(CC)S(=O)(=O)c1cc(C(=O)n2nnc3ccccc32)ccc1Cl. The van der Waals surface area contributed by atoms with Crippen LogP contribution in [0.4, 0.5) is 0 Å². The third-order valence-electron chi connectivity index (χ3n) is 4.05. The van der Waals surface area contributed by atoms with Gasteiger partial charge < -0.3 is 0 Å². The lowest BCUT2D eigenvalue weighted by atomic mass is 10.2. The van der Waals surface area contributed by atoms with Gasteiger partial charge in [0.15, 0.2) is 0 Å². The van der Waals surface area contributed by atoms with Crippen LogP contribution < -0.4 is 0 Å². The van der Waals surface area contributed by atoms with Crippen LogP contribution in [0.25, 0.3) is 11.0 Å². The predicted octanol–water partition coefficient (Wildman–Crippen LogP) is 2.80. The number of halogens is 1. The molecule has 1 aromatic heterocycles. The smallest absolute Gasteiger partial charge is 0.267 e. The van der Waals surface area contributed by atoms with Crippen LogP contribution in [0.3, 0.4) is 0 Å². The highest BCUT2D eigenvalue weighted by molar-refractivity contribution is 7.89. The molecule has 3 aromatic rings. The van der Waals surface area contributed by atoms with Gasteiger partial charge in [-0.3, -0.25) is 4.79 Å². The third kappa shape index (κ3) is 3.11. The quantitative estimate of drug-likeness (QED) is 0.666. The van der Waals surface area contributed by atoms with E-state index in [1.807, 2.05) is 0 Å². The zero-order chi connectivity index (χ0) is 18.9. The van der Waals surface area contributed by atoms with Crippen molar-refractivity contribution in [2.75, 3.05) is 13.1 Å². The first-order chi connectivity index (χ1) is 12.4. The number of carbonyl (C=O) groups is 1. The average Bonchev–Trinajstić information content (AvgIpc) is 3.06. The van der Waals surface area contributed by atoms with E-state index in [0.717, 1.165) is 4.68 Å². The molecule has 2 aromatic carbocycles. The van der Waals surface area contributed by atoms with Crippen molar-refractivity contribution in [3.8, 4) is 0 Å². The number of hydrogen-bond donors (Lipinski definition) is 0. The van der Waals surface area contributed by atoms with Crippen molar-refractivity contribution in [1.82, 2.24) is 19.3 Å². The lowest BCUT2D eigenvalue weighted by Crippen LogP contribution is -2.31. The molecule has 26 heavy (non-hydrogen) atoms. The van der Waals surface area contributed by atoms with E-state index in [2.05, 4.69) is 10.3 Å². The molecule has 0 radical (unpaired) electrons. The minimum absolute atomic E-state index is 0.0666. The van der Waals surface area contributed by atoms with E-state index in [9.17, 15) is 13.2 Å². The number of rotatable bonds is 5. The summed E-state index contributed by atoms with van der Waals surface area (Å²) in [5.41, 5.74) is 1.28. The monoisotopic (exact) mass is 392 g/mol. The highest BCUT2D eigenvalue weighted by Crippen LogP contribution is 2.26. The first-order valence-electron chi connectivity index (χ1n) is 8.05. The van der Waals surface area contributed by atoms with Crippen molar-refractivity contribution in [2.45, 2.75) is 18.7 Å². The van der Waals surface area contributed by atoms with Crippen molar-refractivity contribution in [3.05, 3.63) is 53.1 Å². The molecule has 0 saturated carbocycles. The van der Waals surface area contributed by atoms with Gasteiger partial charge in [0.2, 0.25) is 10.0 Å². The normalized spacial score (nSPS) is 12.0. The summed E-state index contributed by atoms with van der Waals surface area (Å²) >= 11 is 6.11. The standard InChI is InChI=1S/C17H17ClN4O3S/c1-3-21(4-2)26(24,25)16-11-12(9-10-13(16)18)17(23)22-15-8-6-5-7-14(15)19-20-22/h5-11H,3-4H2,1-2H3. The van der Waals surface area contributed by atoms with E-state index in [-0.39, 0.29) is 15.5 Å². The number of carbonyl (C=O) groups excluding carboxylic acids is 1. The Morgan fingerprint density at radius 3 is 2.54 bits per heavy atom. The zero-order valence-electron chi connectivity index (χ0n) is 14.3. The van der Waals surface area contributed by atoms with Crippen LogP contribution >= 0.6 is 11.6 Å². The van der Waals surface area contributed by atoms with Gasteiger partial charge >= 0.3 is 0 Å². The van der Waals surface area contributed by atoms with Gasteiger partial charge in [-0.05, 0) is 30.3 Å². The Hall–Kier alpha value is -2.29. The van der Waals surface area contributed by atoms with E-state index < -0.39 is 15.9 Å². The van der Waals surface area contributed by atoms with Crippen LogP contribution in [0, 0.1) is 0 Å². The van der Waals surface area contributed by atoms with Gasteiger partial charge in [-0.1, -0.05) is 42.8 Å². The minimum atomic E-state index is -3.80. The fraction of sp³-hybridized carbons (Fsp3) is 0.235. The average molecular weight is 393 g/mol. The van der Waals surface area contributed by atoms with Crippen molar-refractivity contribution in [1.29, 1.82) is 0 Å². The van der Waals surface area contributed by atoms with Crippen LogP contribution in [0.15, 0.2) is 47.4 Å². The second kappa shape index (κ2) is 7.14. The molecule has 9 heteroatoms. The first-order valence-corrected chi connectivity index (χ1v) is 9.86. The number of fused-ring (bicyclic) bond motifs is 1. The molecular weight excluding hydrogens is 376 g/mol. The van der Waals surface area contributed by atoms with E-state index in [0.29, 0.717) is 24.1 Å². The Balaban J connectivity index is 2.09. The van der Waals surface area contributed by atoms with E-state index in [4.69, 9.17) is 11.6 Å². The summed E-state index contributed by atoms with van der Waals surface area (Å²) in [6, 6.07) is 11.2. The largest absolute Gasteiger partial charge is 0.280 e. The summed E-state index contributed by atoms with van der Waals surface area (Å²) in [4.78, 5) is 12.7. The molecule has 0 saturated heterocycles. The molecule has 1 heterocycles. The maximum absolute atomic E-state index is 12.8. The van der Waals surface area contributed by atoms with Gasteiger partial charge in [-0.15, -0.1) is 5.10 Å². The van der Waals surface area contributed by atoms with E-state index in [1.54, 1.807) is 38.1 Å². The van der Waals surface area contributed by atoms with Crippen LogP contribution in [-0.2, 0) is 10.0 Å². The Kier molecular flexibility index (Phi) is 5.08. The molecule has 0 aliphatic carbocycles. The van der Waals surface area contributed by atoms with Gasteiger partial charge in [0.25, 0.3) is 5.91 Å². The lowest BCUT2D eigenvalue weighted by Gasteiger charge is -2.19. The fourth-order valence-electron chi connectivity index (χ4n) is 2.68. The van der Waals surface area contributed by atoms with Gasteiger partial charge in [0.1, 0.15) is 10.4 Å². The molecule has 0 atom stereocenters. The Bertz CT molecular complexity index is 1070. The number of benzene rings is 2. The van der Waals surface area contributed by atoms with Crippen molar-refractivity contribution < 1.29 is 13.2 Å². The second-order valence-corrected chi connectivity index (χ2v) is 7.84. The number of hydrogen-bond acceptors (Lipinski definition) is 5. The summed E-state index contributed by atoms with van der Waals surface area (Å²) in [6.07, 6.45) is 0. The maximum Gasteiger partial charge on any atom is 0.280 e. The Morgan fingerprint density at radius 2 is 1.85 bits per heavy atom. The molecule has 3 rings (SSSR count). The summed E-state index contributed by atoms with van der Waals surface area (Å²) in [7, 11) is -3.80. The third-order valence-corrected chi connectivity index (χ3v) is 6.58. The molecule has 0 aliphatic heterocycles. The van der Waals surface area contributed by atoms with Gasteiger partial charge in [0.05, 0.1) is 10.5 Å². The minimum Gasteiger partial charge on any atom is -0.267 e. The Labute approximate surface area is 156 Å². The molecule has 0 bridgehead atoms. The topological polar surface area (TPSA) is 85.2 Å². The van der Waals surface area contributed by atoms with Crippen molar-refractivity contribution >= 4 is 38.6 Å². The molecule has 0 amide bonds. The number of nitrogens with zero attached hydrogens (tertiary/aromatic N) is 4. The molecule has 0 aliphatic rings. The Morgan fingerprint density at radius 1 is 1.15 bits per heavy atom. The molecule has 136 valence electrons. The van der Waals surface area contributed by atoms with Gasteiger partial charge in [-0.2, -0.15) is 8.99 Å². The lowest BCUT2D eigenvalue weighted by molar-refractivity contribution is 0.0948. The van der Waals surface area contributed by atoms with Crippen LogP contribution in [-0.4, -0.2) is 46.7 Å². The fourth-order valence-corrected chi connectivity index (χ4v) is 4.64. The molecule has 7 nitrogen and oxygen atoms in total.